The van der Waals surface area contributed by atoms with Crippen molar-refractivity contribution < 1.29 is 0 Å². The van der Waals surface area contributed by atoms with Crippen molar-refractivity contribution >= 4 is 34.2 Å². The van der Waals surface area contributed by atoms with Crippen LogP contribution in [0.3, 0.4) is 0 Å². The standard InChI is InChI=1S/C29H42N10O4/c1-16-10-17(2)13-36(12-16)26-30-22-20(24(40)32-28(42)34(22)5)38(26)8-7-9-39-21-23(35(6)29(43)33-25(21)41)31-27(39)37-14-18(3)11-19(4)15-37/h16-19H,7-15H2,1-6H3,(H,32,40,42)(H,33,41,43). The summed E-state index contributed by atoms with van der Waals surface area (Å²) in [6.45, 7) is 13.0. The maximum Gasteiger partial charge on any atom is 0.329 e. The number of hydrogen-bond acceptors (Lipinski definition) is 8. The Hall–Kier alpha value is -4.10. The highest BCUT2D eigenvalue weighted by Crippen LogP contribution is 2.30. The molecule has 2 N–H and O–H groups in total. The molecule has 0 bridgehead atoms. The van der Waals surface area contributed by atoms with Crippen LogP contribution in [0.25, 0.3) is 22.3 Å². The zero-order chi connectivity index (χ0) is 30.7. The number of anilines is 2. The molecule has 2 aliphatic heterocycles. The maximum absolute atomic E-state index is 13.2. The van der Waals surface area contributed by atoms with Crippen LogP contribution in [0, 0.1) is 23.7 Å². The summed E-state index contributed by atoms with van der Waals surface area (Å²) in [6.07, 6.45) is 2.80. The number of nitrogens with one attached hydrogen (secondary N) is 2. The van der Waals surface area contributed by atoms with Crippen molar-refractivity contribution in [1.29, 1.82) is 0 Å². The molecular formula is C29H42N10O4. The van der Waals surface area contributed by atoms with E-state index in [1.165, 1.54) is 9.13 Å². The van der Waals surface area contributed by atoms with E-state index in [2.05, 4.69) is 47.5 Å². The first-order chi connectivity index (χ1) is 20.4. The average Bonchev–Trinajstić information content (AvgIpc) is 3.50. The molecule has 4 atom stereocenters. The lowest BCUT2D eigenvalue weighted by molar-refractivity contribution is 0.349. The lowest BCUT2D eigenvalue weighted by Gasteiger charge is -2.36. The Kier molecular flexibility index (Phi) is 7.33. The number of aryl methyl sites for hydroxylation is 4. The molecule has 2 saturated heterocycles. The molecule has 6 rings (SSSR count). The van der Waals surface area contributed by atoms with Gasteiger partial charge in [-0.05, 0) is 42.9 Å². The molecule has 43 heavy (non-hydrogen) atoms. The Balaban J connectivity index is 1.42. The maximum atomic E-state index is 13.2. The summed E-state index contributed by atoms with van der Waals surface area (Å²) in [5.74, 6) is 3.21. The fourth-order valence-corrected chi connectivity index (χ4v) is 7.39. The molecule has 14 nitrogen and oxygen atoms in total. The molecular weight excluding hydrogens is 552 g/mol. The lowest BCUT2D eigenvalue weighted by Crippen LogP contribution is -2.40. The third-order valence-corrected chi connectivity index (χ3v) is 9.04. The fraction of sp³-hybridized carbons (Fsp3) is 0.655. The highest BCUT2D eigenvalue weighted by molar-refractivity contribution is 5.75. The Morgan fingerprint density at radius 3 is 1.33 bits per heavy atom. The minimum atomic E-state index is -0.501. The molecule has 14 heteroatoms. The lowest BCUT2D eigenvalue weighted by atomic mass is 9.92. The van der Waals surface area contributed by atoms with E-state index in [-0.39, 0.29) is 0 Å². The van der Waals surface area contributed by atoms with Gasteiger partial charge >= 0.3 is 11.4 Å². The smallest absolute Gasteiger partial charge is 0.329 e. The van der Waals surface area contributed by atoms with Gasteiger partial charge in [0.2, 0.25) is 11.9 Å². The zero-order valence-electron chi connectivity index (χ0n) is 25.9. The highest BCUT2D eigenvalue weighted by atomic mass is 16.2. The van der Waals surface area contributed by atoms with Crippen LogP contribution in [0.2, 0.25) is 0 Å². The second-order valence-electron chi connectivity index (χ2n) is 13.2. The van der Waals surface area contributed by atoms with Crippen molar-refractivity contribution in [1.82, 2.24) is 38.2 Å². The number of piperidine rings is 2. The van der Waals surface area contributed by atoms with Gasteiger partial charge in [0.1, 0.15) is 0 Å². The largest absolute Gasteiger partial charge is 0.342 e. The van der Waals surface area contributed by atoms with Crippen LogP contribution in [-0.4, -0.2) is 64.4 Å². The van der Waals surface area contributed by atoms with Gasteiger partial charge < -0.3 is 18.9 Å². The van der Waals surface area contributed by atoms with Gasteiger partial charge in [-0.1, -0.05) is 27.7 Å². The second kappa shape index (κ2) is 10.9. The number of aromatic nitrogens is 8. The minimum absolute atomic E-state index is 0.353. The summed E-state index contributed by atoms with van der Waals surface area (Å²) in [7, 11) is 3.23. The number of H-pyrrole nitrogens is 2. The Morgan fingerprint density at radius 2 is 0.977 bits per heavy atom. The van der Waals surface area contributed by atoms with E-state index >= 15 is 0 Å². The Labute approximate surface area is 248 Å². The number of imidazole rings is 2. The van der Waals surface area contributed by atoms with Gasteiger partial charge in [0.25, 0.3) is 11.1 Å². The van der Waals surface area contributed by atoms with E-state index in [0.29, 0.717) is 77.4 Å². The molecule has 0 radical (unpaired) electrons. The Bertz CT molecular complexity index is 1770. The summed E-state index contributed by atoms with van der Waals surface area (Å²) in [4.78, 5) is 70.2. The quantitative estimate of drug-likeness (QED) is 0.338. The van der Waals surface area contributed by atoms with E-state index < -0.39 is 22.5 Å². The predicted octanol–water partition coefficient (Wildman–Crippen LogP) is 1.21. The minimum Gasteiger partial charge on any atom is -0.342 e. The summed E-state index contributed by atoms with van der Waals surface area (Å²) in [5.41, 5.74) is -0.512. The van der Waals surface area contributed by atoms with Crippen molar-refractivity contribution in [3.63, 3.8) is 0 Å². The highest BCUT2D eigenvalue weighted by Gasteiger charge is 2.30. The normalized spacial score (nSPS) is 23.1. The summed E-state index contributed by atoms with van der Waals surface area (Å²) in [5, 5.41) is 0. The number of rotatable bonds is 6. The summed E-state index contributed by atoms with van der Waals surface area (Å²) < 4.78 is 6.60. The SMILES string of the molecule is CC1CC(C)CN(c2nc3c(c(=O)[nH]c(=O)n3C)n2CCCn2c(N3CC(C)CC(C)C3)nc3c2c(=O)[nH]c(=O)n3C)C1. The summed E-state index contributed by atoms with van der Waals surface area (Å²) >= 11 is 0. The Morgan fingerprint density at radius 1 is 0.628 bits per heavy atom. The van der Waals surface area contributed by atoms with Crippen LogP contribution in [0.15, 0.2) is 19.2 Å². The molecule has 0 amide bonds. The summed E-state index contributed by atoms with van der Waals surface area (Å²) in [6, 6.07) is 0. The van der Waals surface area contributed by atoms with Crippen molar-refractivity contribution in [2.75, 3.05) is 36.0 Å². The van der Waals surface area contributed by atoms with E-state index in [4.69, 9.17) is 9.97 Å². The first kappa shape index (κ1) is 29.0. The van der Waals surface area contributed by atoms with Crippen LogP contribution < -0.4 is 32.3 Å². The average molecular weight is 595 g/mol. The van der Waals surface area contributed by atoms with Crippen molar-refractivity contribution in [2.45, 2.75) is 60.0 Å². The van der Waals surface area contributed by atoms with Crippen LogP contribution in [0.1, 0.15) is 47.0 Å². The first-order valence-corrected chi connectivity index (χ1v) is 15.3. The topological polar surface area (TPSA) is 152 Å². The van der Waals surface area contributed by atoms with Crippen molar-refractivity contribution in [3.8, 4) is 0 Å². The van der Waals surface area contributed by atoms with Crippen LogP contribution in [0.5, 0.6) is 0 Å². The molecule has 4 aromatic heterocycles. The third kappa shape index (κ3) is 5.10. The van der Waals surface area contributed by atoms with E-state index in [0.717, 1.165) is 39.0 Å². The van der Waals surface area contributed by atoms with Gasteiger partial charge in [-0.2, -0.15) is 9.97 Å². The first-order valence-electron chi connectivity index (χ1n) is 15.3. The number of nitrogens with zero attached hydrogens (tertiary/aromatic N) is 8. The molecule has 0 aliphatic carbocycles. The van der Waals surface area contributed by atoms with Crippen LogP contribution in [-0.2, 0) is 27.2 Å². The van der Waals surface area contributed by atoms with Crippen LogP contribution >= 0.6 is 0 Å². The molecule has 2 fully saturated rings. The number of fused-ring (bicyclic) bond motifs is 2. The van der Waals surface area contributed by atoms with Gasteiger partial charge in [0.15, 0.2) is 22.3 Å². The van der Waals surface area contributed by atoms with Gasteiger partial charge in [0.05, 0.1) is 0 Å². The van der Waals surface area contributed by atoms with Gasteiger partial charge in [-0.3, -0.25) is 28.7 Å². The molecule has 6 heterocycles. The van der Waals surface area contributed by atoms with E-state index in [1.807, 2.05) is 9.13 Å². The second-order valence-corrected chi connectivity index (χ2v) is 13.2. The monoisotopic (exact) mass is 594 g/mol. The third-order valence-electron chi connectivity index (χ3n) is 9.04. The molecule has 0 saturated carbocycles. The van der Waals surface area contributed by atoms with E-state index in [9.17, 15) is 19.2 Å². The zero-order valence-corrected chi connectivity index (χ0v) is 25.9. The predicted molar refractivity (Wildman–Crippen MR) is 166 cm³/mol. The number of aromatic amines is 2. The van der Waals surface area contributed by atoms with Crippen molar-refractivity contribution in [3.05, 3.63) is 41.7 Å². The molecule has 0 aromatic carbocycles. The molecule has 232 valence electrons. The van der Waals surface area contributed by atoms with Gasteiger partial charge in [0, 0.05) is 53.4 Å². The molecule has 4 aromatic rings. The number of hydrogen-bond donors (Lipinski definition) is 2. The molecule has 2 aliphatic rings. The molecule has 4 unspecified atom stereocenters. The van der Waals surface area contributed by atoms with Crippen molar-refractivity contribution in [2.24, 2.45) is 37.8 Å². The van der Waals surface area contributed by atoms with Crippen LogP contribution in [0.4, 0.5) is 11.9 Å². The van der Waals surface area contributed by atoms with Gasteiger partial charge in [-0.15, -0.1) is 0 Å². The molecule has 0 spiro atoms. The fourth-order valence-electron chi connectivity index (χ4n) is 7.39. The van der Waals surface area contributed by atoms with Gasteiger partial charge in [-0.25, -0.2) is 9.59 Å². The van der Waals surface area contributed by atoms with E-state index in [1.54, 1.807) is 14.1 Å².